The summed E-state index contributed by atoms with van der Waals surface area (Å²) in [6, 6.07) is 3.96. The lowest BCUT2D eigenvalue weighted by Gasteiger charge is -2.37. The van der Waals surface area contributed by atoms with Gasteiger partial charge in [-0.05, 0) is 48.6 Å². The van der Waals surface area contributed by atoms with Crippen molar-refractivity contribution in [2.45, 2.75) is 122 Å². The van der Waals surface area contributed by atoms with E-state index in [1.165, 1.54) is 30.4 Å². The average Bonchev–Trinajstić information content (AvgIpc) is 3.76. The van der Waals surface area contributed by atoms with E-state index in [1.807, 2.05) is 26.8 Å². The number of benzene rings is 1. The summed E-state index contributed by atoms with van der Waals surface area (Å²) in [4.78, 5) is 97.9. The number of rotatable bonds is 14. The number of ketones is 3. The Morgan fingerprint density at radius 2 is 1.76 bits per heavy atom. The summed E-state index contributed by atoms with van der Waals surface area (Å²) in [5, 5.41) is 10.8. The van der Waals surface area contributed by atoms with Crippen molar-refractivity contribution < 1.29 is 33.6 Å². The number of likely N-dealkylation sites (tertiary alicyclic amines) is 1. The van der Waals surface area contributed by atoms with E-state index in [0.29, 0.717) is 17.2 Å². The molecule has 55 heavy (non-hydrogen) atoms. The minimum atomic E-state index is -1.10. The second-order valence-corrected chi connectivity index (χ2v) is 17.3. The van der Waals surface area contributed by atoms with Crippen molar-refractivity contribution in [1.82, 2.24) is 25.5 Å². The van der Waals surface area contributed by atoms with Crippen molar-refractivity contribution in [2.24, 2.45) is 28.3 Å². The molecule has 3 heterocycles. The van der Waals surface area contributed by atoms with E-state index in [4.69, 9.17) is 16.4 Å². The van der Waals surface area contributed by atoms with Crippen LogP contribution in [0.2, 0.25) is 5.02 Å². The lowest BCUT2D eigenvalue weighted by atomic mass is 9.76. The Hall–Kier alpha value is -4.52. The van der Waals surface area contributed by atoms with Crippen LogP contribution in [0.1, 0.15) is 114 Å². The van der Waals surface area contributed by atoms with Gasteiger partial charge in [-0.1, -0.05) is 81.8 Å². The largest absolute Gasteiger partial charge is 0.387 e. The van der Waals surface area contributed by atoms with Gasteiger partial charge in [-0.15, -0.1) is 0 Å². The van der Waals surface area contributed by atoms with E-state index >= 15 is 0 Å². The maximum atomic E-state index is 15.0. The summed E-state index contributed by atoms with van der Waals surface area (Å²) >= 11 is 6.28. The Morgan fingerprint density at radius 3 is 2.40 bits per heavy atom. The number of hydrogen-bond donors (Lipinski definition) is 2. The van der Waals surface area contributed by atoms with Crippen LogP contribution in [0.25, 0.3) is 0 Å². The lowest BCUT2D eigenvalue weighted by Crippen LogP contribution is -2.59. The molecule has 2 N–H and O–H groups in total. The van der Waals surface area contributed by atoms with E-state index < -0.39 is 64.3 Å². The van der Waals surface area contributed by atoms with Gasteiger partial charge in [0.1, 0.15) is 17.8 Å². The van der Waals surface area contributed by atoms with Crippen LogP contribution in [0.4, 0.5) is 0 Å². The van der Waals surface area contributed by atoms with E-state index in [0.717, 1.165) is 50.5 Å². The van der Waals surface area contributed by atoms with E-state index in [2.05, 4.69) is 25.8 Å². The molecule has 6 rings (SSSR count). The van der Waals surface area contributed by atoms with Gasteiger partial charge in [0, 0.05) is 55.1 Å². The van der Waals surface area contributed by atoms with Crippen molar-refractivity contribution in [3.63, 3.8) is 0 Å². The highest BCUT2D eigenvalue weighted by Gasteiger charge is 2.56. The zero-order chi connectivity index (χ0) is 39.5. The van der Waals surface area contributed by atoms with Gasteiger partial charge in [-0.3, -0.25) is 33.8 Å². The lowest BCUT2D eigenvalue weighted by molar-refractivity contribution is -0.146. The number of Topliss-reactive ketones (excluding diaryl/α,β-unsaturated/α-hetero) is 3. The Balaban J connectivity index is 1.28. The molecule has 0 radical (unpaired) electrons. The molecule has 1 spiro atoms. The molecule has 13 nitrogen and oxygen atoms in total. The molecule has 2 aromatic rings. The summed E-state index contributed by atoms with van der Waals surface area (Å²) in [6.07, 6.45) is 11.2. The number of amides is 3. The SMILES string of the molecule is CC(=O)C(=O)[C@H](CC1CC1)NC(=O)[C@@H]1C[C@]2(CC(c3cccc(Cl)c3)=NO2)CN1C(=O)[C@@H](NC(=O)[C@@H](CC(=O)c1cnccn1)C1CCCCC1)C(C)(C)C. The van der Waals surface area contributed by atoms with E-state index in [9.17, 15) is 28.8 Å². The number of carbonyl (C=O) groups excluding carboxylic acids is 6. The molecule has 1 saturated heterocycles. The molecular formula is C41H51ClN6O7. The van der Waals surface area contributed by atoms with Gasteiger partial charge in [0.25, 0.3) is 0 Å². The van der Waals surface area contributed by atoms with Gasteiger partial charge in [-0.2, -0.15) is 0 Å². The van der Waals surface area contributed by atoms with Crippen LogP contribution in [0, 0.1) is 23.2 Å². The standard InChI is InChI=1S/C41H51ClN6O7/c1-24(49)35(51)30(17-25-13-14-25)45-38(53)33-21-41(20-31(47-55-41)27-11-8-12-28(42)18-27)23-48(33)39(54)36(40(2,3)4)46-37(52)29(26-9-6-5-7-10-26)19-34(50)32-22-43-15-16-44-32/h8,11-12,15-16,18,22,25-26,29-30,33,36H,5-7,9-10,13-14,17,19-21,23H2,1-4H3,(H,45,53)(H,46,52)/t29-,30-,33-,36+,41+/m0/s1. The molecule has 2 aliphatic heterocycles. The van der Waals surface area contributed by atoms with Crippen molar-refractivity contribution in [2.75, 3.05) is 6.54 Å². The molecule has 4 aliphatic rings. The van der Waals surface area contributed by atoms with Crippen LogP contribution in [0.5, 0.6) is 0 Å². The molecular weight excluding hydrogens is 724 g/mol. The van der Waals surface area contributed by atoms with Crippen LogP contribution in [0.15, 0.2) is 48.0 Å². The molecule has 14 heteroatoms. The fraction of sp³-hybridized carbons (Fsp3) is 0.585. The smallest absolute Gasteiger partial charge is 0.246 e. The third-order valence-electron chi connectivity index (χ3n) is 11.4. The molecule has 1 aromatic heterocycles. The summed E-state index contributed by atoms with van der Waals surface area (Å²) in [6.45, 7) is 6.67. The Bertz CT molecular complexity index is 1840. The molecule has 3 amide bonds. The van der Waals surface area contributed by atoms with Crippen molar-refractivity contribution in [3.05, 3.63) is 59.1 Å². The van der Waals surface area contributed by atoms with Crippen LogP contribution < -0.4 is 10.6 Å². The third kappa shape index (κ3) is 9.66. The highest BCUT2D eigenvalue weighted by Crippen LogP contribution is 2.41. The predicted molar refractivity (Wildman–Crippen MR) is 204 cm³/mol. The monoisotopic (exact) mass is 774 g/mol. The van der Waals surface area contributed by atoms with Gasteiger partial charge < -0.3 is 20.4 Å². The van der Waals surface area contributed by atoms with Crippen molar-refractivity contribution in [1.29, 1.82) is 0 Å². The minimum absolute atomic E-state index is 0.0227. The first-order valence-corrected chi connectivity index (χ1v) is 19.8. The number of hydrogen-bond acceptors (Lipinski definition) is 10. The number of nitrogens with one attached hydrogen (secondary N) is 2. The van der Waals surface area contributed by atoms with E-state index in [1.54, 1.807) is 18.2 Å². The quantitative estimate of drug-likeness (QED) is 0.197. The van der Waals surface area contributed by atoms with Gasteiger partial charge in [-0.25, -0.2) is 4.98 Å². The first kappa shape index (κ1) is 40.2. The zero-order valence-corrected chi connectivity index (χ0v) is 32.8. The van der Waals surface area contributed by atoms with Crippen LogP contribution in [-0.2, 0) is 28.8 Å². The highest BCUT2D eigenvalue weighted by atomic mass is 35.5. The molecule has 3 fully saturated rings. The number of aromatic nitrogens is 2. The number of halogens is 1. The molecule has 0 unspecified atom stereocenters. The van der Waals surface area contributed by atoms with Gasteiger partial charge in [0.15, 0.2) is 17.2 Å². The maximum absolute atomic E-state index is 15.0. The Morgan fingerprint density at radius 1 is 1.02 bits per heavy atom. The number of oxime groups is 1. The summed E-state index contributed by atoms with van der Waals surface area (Å²) in [7, 11) is 0. The molecule has 2 saturated carbocycles. The van der Waals surface area contributed by atoms with Gasteiger partial charge in [0.2, 0.25) is 23.5 Å². The maximum Gasteiger partial charge on any atom is 0.246 e. The second-order valence-electron chi connectivity index (χ2n) is 16.9. The van der Waals surface area contributed by atoms with Crippen LogP contribution in [0.3, 0.4) is 0 Å². The first-order valence-electron chi connectivity index (χ1n) is 19.4. The van der Waals surface area contributed by atoms with Crippen molar-refractivity contribution in [3.8, 4) is 0 Å². The van der Waals surface area contributed by atoms with Gasteiger partial charge in [0.05, 0.1) is 24.5 Å². The fourth-order valence-electron chi connectivity index (χ4n) is 8.20. The Labute approximate surface area is 326 Å². The molecule has 0 bridgehead atoms. The third-order valence-corrected chi connectivity index (χ3v) is 11.7. The molecule has 5 atom stereocenters. The fourth-order valence-corrected chi connectivity index (χ4v) is 8.40. The van der Waals surface area contributed by atoms with Crippen LogP contribution >= 0.6 is 11.6 Å². The molecule has 2 aliphatic carbocycles. The molecule has 1 aromatic carbocycles. The predicted octanol–water partition coefficient (Wildman–Crippen LogP) is 5.04. The first-order chi connectivity index (χ1) is 26.1. The second kappa shape index (κ2) is 16.7. The number of carbonyl (C=O) groups is 6. The highest BCUT2D eigenvalue weighted by molar-refractivity contribution is 6.38. The average molecular weight is 775 g/mol. The van der Waals surface area contributed by atoms with E-state index in [-0.39, 0.29) is 49.1 Å². The topological polar surface area (TPSA) is 177 Å². The molecule has 294 valence electrons. The summed E-state index contributed by atoms with van der Waals surface area (Å²) in [5.41, 5.74) is -0.371. The minimum Gasteiger partial charge on any atom is -0.387 e. The normalized spacial score (nSPS) is 23.0. The van der Waals surface area contributed by atoms with Crippen LogP contribution in [-0.4, -0.2) is 85.9 Å². The zero-order valence-electron chi connectivity index (χ0n) is 32.0. The summed E-state index contributed by atoms with van der Waals surface area (Å²) in [5.74, 6) is -3.67. The number of nitrogens with zero attached hydrogens (tertiary/aromatic N) is 4. The van der Waals surface area contributed by atoms with Gasteiger partial charge >= 0.3 is 0 Å². The summed E-state index contributed by atoms with van der Waals surface area (Å²) < 4.78 is 0. The van der Waals surface area contributed by atoms with Crippen molar-refractivity contribution >= 4 is 52.4 Å². The Kier molecular flexibility index (Phi) is 12.2.